The minimum Gasteiger partial charge on any atom is -0.497 e. The number of likely N-dealkylation sites (N-methyl/N-ethyl adjacent to an activating group) is 2. The fourth-order valence-electron chi connectivity index (χ4n) is 5.21. The zero-order chi connectivity index (χ0) is 29.0. The molecule has 0 aliphatic carbocycles. The Morgan fingerprint density at radius 2 is 1.76 bits per heavy atom. The number of rotatable bonds is 12. The van der Waals surface area contributed by atoms with Crippen LogP contribution in [0.25, 0.3) is 0 Å². The topological polar surface area (TPSA) is 69.7 Å². The number of ether oxygens (including phenoxy) is 5. The molecule has 41 heavy (non-hydrogen) atoms. The predicted molar refractivity (Wildman–Crippen MR) is 161 cm³/mol. The molecule has 3 aromatic carbocycles. The Morgan fingerprint density at radius 3 is 2.56 bits per heavy atom. The van der Waals surface area contributed by atoms with Crippen LogP contribution in [0.5, 0.6) is 28.7 Å². The van der Waals surface area contributed by atoms with Crippen LogP contribution in [0.15, 0.2) is 65.6 Å². The quantitative estimate of drug-likeness (QED) is 0.249. The smallest absolute Gasteiger partial charge is 0.248 e. The maximum atomic E-state index is 14.1. The SMILES string of the molecule is COc1ccc(OCCCN(C)CCOc2ccc3c(c2)OCO3)c(C2(C(C)C)Sc3ccccc3N(C)C2=O)c1. The average molecular weight is 579 g/mol. The molecule has 0 saturated carbocycles. The largest absolute Gasteiger partial charge is 0.497 e. The second-order valence-corrected chi connectivity index (χ2v) is 11.8. The minimum absolute atomic E-state index is 0.00107. The summed E-state index contributed by atoms with van der Waals surface area (Å²) in [6, 6.07) is 19.4. The van der Waals surface area contributed by atoms with E-state index in [0.29, 0.717) is 30.5 Å². The molecular formula is C32H38N2O6S. The third kappa shape index (κ3) is 5.92. The second kappa shape index (κ2) is 12.5. The minimum atomic E-state index is -0.851. The van der Waals surface area contributed by atoms with Crippen molar-refractivity contribution in [3.8, 4) is 28.7 Å². The Labute approximate surface area is 246 Å². The van der Waals surface area contributed by atoms with Crippen LogP contribution in [0.1, 0.15) is 25.8 Å². The van der Waals surface area contributed by atoms with Crippen molar-refractivity contribution in [2.45, 2.75) is 29.9 Å². The van der Waals surface area contributed by atoms with E-state index < -0.39 is 4.75 Å². The number of thioether (sulfide) groups is 1. The highest BCUT2D eigenvalue weighted by Crippen LogP contribution is 2.56. The maximum absolute atomic E-state index is 14.1. The molecule has 2 heterocycles. The molecule has 0 radical (unpaired) electrons. The van der Waals surface area contributed by atoms with Gasteiger partial charge in [0.25, 0.3) is 0 Å². The van der Waals surface area contributed by atoms with Gasteiger partial charge in [-0.2, -0.15) is 0 Å². The molecule has 2 aliphatic rings. The summed E-state index contributed by atoms with van der Waals surface area (Å²) >= 11 is 1.60. The molecule has 1 unspecified atom stereocenters. The van der Waals surface area contributed by atoms with Crippen LogP contribution in [-0.4, -0.2) is 65.1 Å². The van der Waals surface area contributed by atoms with Gasteiger partial charge in [-0.15, -0.1) is 11.8 Å². The molecule has 0 aromatic heterocycles. The van der Waals surface area contributed by atoms with E-state index in [-0.39, 0.29) is 18.6 Å². The number of methoxy groups -OCH3 is 1. The molecule has 218 valence electrons. The molecule has 9 heteroatoms. The summed E-state index contributed by atoms with van der Waals surface area (Å²) in [7, 11) is 5.57. The highest BCUT2D eigenvalue weighted by Gasteiger charge is 2.51. The van der Waals surface area contributed by atoms with Crippen LogP contribution in [0.3, 0.4) is 0 Å². The molecule has 1 amide bonds. The van der Waals surface area contributed by atoms with Crippen LogP contribution in [0.2, 0.25) is 0 Å². The highest BCUT2D eigenvalue weighted by atomic mass is 32.2. The number of nitrogens with zero attached hydrogens (tertiary/aromatic N) is 2. The summed E-state index contributed by atoms with van der Waals surface area (Å²) in [5.74, 6) is 3.68. The van der Waals surface area contributed by atoms with Crippen molar-refractivity contribution in [2.24, 2.45) is 5.92 Å². The molecule has 0 N–H and O–H groups in total. The summed E-state index contributed by atoms with van der Waals surface area (Å²) < 4.78 is 27.8. The lowest BCUT2D eigenvalue weighted by molar-refractivity contribution is -0.122. The van der Waals surface area contributed by atoms with Crippen LogP contribution in [-0.2, 0) is 9.54 Å². The molecule has 0 fully saturated rings. The van der Waals surface area contributed by atoms with Crippen molar-refractivity contribution in [3.05, 3.63) is 66.2 Å². The summed E-state index contributed by atoms with van der Waals surface area (Å²) in [6.45, 7) is 7.13. The fourth-order valence-corrected chi connectivity index (χ4v) is 6.74. The lowest BCUT2D eigenvalue weighted by atomic mass is 9.84. The highest BCUT2D eigenvalue weighted by molar-refractivity contribution is 8.01. The molecule has 8 nitrogen and oxygen atoms in total. The first-order valence-corrected chi connectivity index (χ1v) is 14.7. The molecule has 0 bridgehead atoms. The van der Waals surface area contributed by atoms with Gasteiger partial charge in [-0.25, -0.2) is 0 Å². The first-order valence-electron chi connectivity index (χ1n) is 13.9. The van der Waals surface area contributed by atoms with Gasteiger partial charge >= 0.3 is 0 Å². The number of carbonyl (C=O) groups excluding carboxylic acids is 1. The Hall–Kier alpha value is -3.56. The third-order valence-electron chi connectivity index (χ3n) is 7.55. The number of amides is 1. The second-order valence-electron chi connectivity index (χ2n) is 10.6. The van der Waals surface area contributed by atoms with E-state index in [1.165, 1.54) is 0 Å². The molecule has 0 spiro atoms. The summed E-state index contributed by atoms with van der Waals surface area (Å²) in [5.41, 5.74) is 1.77. The van der Waals surface area contributed by atoms with Crippen molar-refractivity contribution >= 4 is 23.4 Å². The van der Waals surface area contributed by atoms with Gasteiger partial charge in [-0.05, 0) is 61.9 Å². The van der Waals surface area contributed by atoms with E-state index in [4.69, 9.17) is 23.7 Å². The van der Waals surface area contributed by atoms with Gasteiger partial charge in [0, 0.05) is 36.7 Å². The van der Waals surface area contributed by atoms with Gasteiger partial charge in [0.2, 0.25) is 12.7 Å². The van der Waals surface area contributed by atoms with Gasteiger partial charge in [0.1, 0.15) is 28.6 Å². The number of fused-ring (bicyclic) bond motifs is 2. The maximum Gasteiger partial charge on any atom is 0.248 e. The summed E-state index contributed by atoms with van der Waals surface area (Å²) in [6.07, 6.45) is 0.824. The number of hydrogen-bond donors (Lipinski definition) is 0. The van der Waals surface area contributed by atoms with Crippen LogP contribution >= 0.6 is 11.8 Å². The Morgan fingerprint density at radius 1 is 0.976 bits per heavy atom. The van der Waals surface area contributed by atoms with Gasteiger partial charge in [0.05, 0.1) is 19.4 Å². The van der Waals surface area contributed by atoms with Gasteiger partial charge in [-0.1, -0.05) is 26.0 Å². The Balaban J connectivity index is 1.22. The van der Waals surface area contributed by atoms with Crippen molar-refractivity contribution < 1.29 is 28.5 Å². The van der Waals surface area contributed by atoms with Gasteiger partial charge < -0.3 is 33.5 Å². The molecular weight excluding hydrogens is 540 g/mol. The van der Waals surface area contributed by atoms with Crippen molar-refractivity contribution in [1.29, 1.82) is 0 Å². The lowest BCUT2D eigenvalue weighted by Gasteiger charge is -2.44. The van der Waals surface area contributed by atoms with Gasteiger partial charge in [-0.3, -0.25) is 4.79 Å². The van der Waals surface area contributed by atoms with Crippen molar-refractivity contribution in [2.75, 3.05) is 59.2 Å². The zero-order valence-electron chi connectivity index (χ0n) is 24.3. The van der Waals surface area contributed by atoms with E-state index in [1.54, 1.807) is 23.8 Å². The monoisotopic (exact) mass is 578 g/mol. The lowest BCUT2D eigenvalue weighted by Crippen LogP contribution is -2.49. The van der Waals surface area contributed by atoms with E-state index in [2.05, 4.69) is 31.9 Å². The zero-order valence-corrected chi connectivity index (χ0v) is 25.2. The predicted octanol–water partition coefficient (Wildman–Crippen LogP) is 5.82. The molecule has 2 aliphatic heterocycles. The first-order chi connectivity index (χ1) is 19.8. The molecule has 1 atom stereocenters. The van der Waals surface area contributed by atoms with E-state index in [9.17, 15) is 4.79 Å². The van der Waals surface area contributed by atoms with Crippen LogP contribution < -0.4 is 28.6 Å². The summed E-state index contributed by atoms with van der Waals surface area (Å²) in [5, 5.41) is 0. The van der Waals surface area contributed by atoms with Crippen LogP contribution in [0, 0.1) is 5.92 Å². The van der Waals surface area contributed by atoms with Crippen LogP contribution in [0.4, 0.5) is 5.69 Å². The van der Waals surface area contributed by atoms with Crippen molar-refractivity contribution in [3.63, 3.8) is 0 Å². The first kappa shape index (κ1) is 29.0. The number of carbonyl (C=O) groups is 1. The Bertz CT molecular complexity index is 1380. The summed E-state index contributed by atoms with van der Waals surface area (Å²) in [4.78, 5) is 19.1. The normalized spacial score (nSPS) is 17.6. The molecule has 3 aromatic rings. The number of para-hydroxylation sites is 1. The third-order valence-corrected chi connectivity index (χ3v) is 9.30. The fraction of sp³-hybridized carbons (Fsp3) is 0.406. The molecule has 5 rings (SSSR count). The number of anilines is 1. The van der Waals surface area contributed by atoms with E-state index in [0.717, 1.165) is 47.2 Å². The standard InChI is InChI=1S/C32H38N2O6S/c1-22(2)32(31(35)34(4)26-9-6-7-10-30(26)41-32)25-19-23(36-5)11-13-27(25)38-17-8-15-33(3)16-18-37-24-12-14-28-29(20-24)40-21-39-28/h6-7,9-14,19-20,22H,8,15-18,21H2,1-5H3. The van der Waals surface area contributed by atoms with Gasteiger partial charge in [0.15, 0.2) is 11.5 Å². The van der Waals surface area contributed by atoms with E-state index >= 15 is 0 Å². The molecule has 0 saturated heterocycles. The number of benzene rings is 3. The number of hydrogen-bond acceptors (Lipinski definition) is 8. The van der Waals surface area contributed by atoms with E-state index in [1.807, 2.05) is 61.6 Å². The Kier molecular flexibility index (Phi) is 8.85. The van der Waals surface area contributed by atoms with Crippen molar-refractivity contribution in [1.82, 2.24) is 4.90 Å². The average Bonchev–Trinajstić information content (AvgIpc) is 3.45.